The Kier molecular flexibility index (Phi) is 5.15. The molecule has 0 fully saturated rings. The zero-order valence-electron chi connectivity index (χ0n) is 15.7. The summed E-state index contributed by atoms with van der Waals surface area (Å²) in [5.41, 5.74) is 4.82. The second-order valence-corrected chi connectivity index (χ2v) is 8.17. The molecule has 0 atom stereocenters. The van der Waals surface area contributed by atoms with Crippen LogP contribution in [-0.4, -0.2) is 24.7 Å². The van der Waals surface area contributed by atoms with Gasteiger partial charge >= 0.3 is 5.97 Å². The zero-order valence-corrected chi connectivity index (χ0v) is 17.3. The van der Waals surface area contributed by atoms with Crippen LogP contribution in [0.5, 0.6) is 0 Å². The second kappa shape index (κ2) is 7.73. The van der Waals surface area contributed by atoms with Gasteiger partial charge in [-0.15, -0.1) is 11.3 Å². The molecule has 0 saturated carbocycles. The van der Waals surface area contributed by atoms with Gasteiger partial charge in [0.2, 0.25) is 0 Å². The molecule has 0 unspecified atom stereocenters. The molecule has 28 heavy (non-hydrogen) atoms. The first-order valence-electron chi connectivity index (χ1n) is 9.03. The van der Waals surface area contributed by atoms with E-state index in [0.29, 0.717) is 10.7 Å². The summed E-state index contributed by atoms with van der Waals surface area (Å²) in [6.45, 7) is 2.84. The number of carbonyl (C=O) groups excluding carboxylic acids is 1. The van der Waals surface area contributed by atoms with Crippen LogP contribution in [0.4, 0.5) is 10.7 Å². The Morgan fingerprint density at radius 2 is 1.86 bits per heavy atom. The van der Waals surface area contributed by atoms with Crippen LogP contribution in [0.15, 0.2) is 54.6 Å². The van der Waals surface area contributed by atoms with Crippen LogP contribution in [0, 0.1) is 6.92 Å². The molecule has 0 amide bonds. The zero-order chi connectivity index (χ0) is 19.7. The Balaban J connectivity index is 1.71. The van der Waals surface area contributed by atoms with Gasteiger partial charge in [-0.25, -0.2) is 4.79 Å². The number of rotatable bonds is 3. The summed E-state index contributed by atoms with van der Waals surface area (Å²) in [5.74, 6) is -0.365. The van der Waals surface area contributed by atoms with E-state index in [4.69, 9.17) is 17.0 Å². The number of hydrogen-bond donors (Lipinski definition) is 1. The first kappa shape index (κ1) is 18.7. The molecule has 0 aliphatic carbocycles. The standard InChI is InChI=1S/C22H20N2O2S2/c1-14-18(16-9-4-3-5-10-16)19(21(25)26-2)20(28-14)23-22(27)24-13-12-15-8-6-7-11-17(15)24/h3-11H,12-13H2,1-2H3,(H,23,27). The molecule has 4 rings (SSSR count). The second-order valence-electron chi connectivity index (χ2n) is 6.56. The van der Waals surface area contributed by atoms with Gasteiger partial charge < -0.3 is 15.0 Å². The first-order chi connectivity index (χ1) is 13.6. The van der Waals surface area contributed by atoms with E-state index >= 15 is 0 Å². The van der Waals surface area contributed by atoms with Crippen LogP contribution in [0.3, 0.4) is 0 Å². The molecule has 1 N–H and O–H groups in total. The van der Waals surface area contributed by atoms with Crippen molar-refractivity contribution in [2.24, 2.45) is 0 Å². The fraction of sp³-hybridized carbons (Fsp3) is 0.182. The molecule has 1 aliphatic rings. The molecule has 1 aliphatic heterocycles. The highest BCUT2D eigenvalue weighted by molar-refractivity contribution is 7.80. The molecular weight excluding hydrogens is 388 g/mol. The number of carbonyl (C=O) groups is 1. The number of anilines is 2. The van der Waals surface area contributed by atoms with E-state index in [1.807, 2.05) is 49.4 Å². The number of ether oxygens (including phenoxy) is 1. The maximum absolute atomic E-state index is 12.6. The minimum absolute atomic E-state index is 0.365. The van der Waals surface area contributed by atoms with Crippen LogP contribution in [0.2, 0.25) is 0 Å². The molecule has 6 heteroatoms. The fourth-order valence-corrected chi connectivity index (χ4v) is 5.02. The molecule has 4 nitrogen and oxygen atoms in total. The van der Waals surface area contributed by atoms with E-state index in [0.717, 1.165) is 39.7 Å². The largest absolute Gasteiger partial charge is 0.465 e. The predicted molar refractivity (Wildman–Crippen MR) is 120 cm³/mol. The Bertz CT molecular complexity index is 1040. The van der Waals surface area contributed by atoms with Gasteiger partial charge in [0, 0.05) is 22.7 Å². The van der Waals surface area contributed by atoms with Crippen molar-refractivity contribution < 1.29 is 9.53 Å². The minimum atomic E-state index is -0.365. The lowest BCUT2D eigenvalue weighted by atomic mass is 10.0. The molecule has 1 aromatic heterocycles. The van der Waals surface area contributed by atoms with Gasteiger partial charge in [-0.05, 0) is 42.8 Å². The fourth-order valence-electron chi connectivity index (χ4n) is 3.60. The van der Waals surface area contributed by atoms with Crippen LogP contribution in [0.1, 0.15) is 20.8 Å². The summed E-state index contributed by atoms with van der Waals surface area (Å²) in [6.07, 6.45) is 0.959. The highest BCUT2D eigenvalue weighted by Gasteiger charge is 2.27. The summed E-state index contributed by atoms with van der Waals surface area (Å²) in [6, 6.07) is 18.2. The lowest BCUT2D eigenvalue weighted by molar-refractivity contribution is 0.0603. The number of hydrogen-bond acceptors (Lipinski definition) is 4. The summed E-state index contributed by atoms with van der Waals surface area (Å²) in [4.78, 5) is 15.8. The third-order valence-electron chi connectivity index (χ3n) is 4.89. The molecular formula is C22H20N2O2S2. The summed E-state index contributed by atoms with van der Waals surface area (Å²) >= 11 is 7.21. The minimum Gasteiger partial charge on any atom is -0.465 e. The Labute approximate surface area is 173 Å². The van der Waals surface area contributed by atoms with Gasteiger partial charge in [0.25, 0.3) is 0 Å². The summed E-state index contributed by atoms with van der Waals surface area (Å²) < 4.78 is 5.09. The first-order valence-corrected chi connectivity index (χ1v) is 10.3. The normalized spacial score (nSPS) is 12.6. The lowest BCUT2D eigenvalue weighted by Crippen LogP contribution is -2.33. The molecule has 0 bridgehead atoms. The van der Waals surface area contributed by atoms with Crippen molar-refractivity contribution in [1.82, 2.24) is 0 Å². The molecule has 0 spiro atoms. The molecule has 3 aromatic rings. The summed E-state index contributed by atoms with van der Waals surface area (Å²) in [5, 5.41) is 4.63. The monoisotopic (exact) mass is 408 g/mol. The average molecular weight is 409 g/mol. The van der Waals surface area contributed by atoms with Gasteiger partial charge in [0.15, 0.2) is 5.11 Å². The third kappa shape index (κ3) is 3.30. The quantitative estimate of drug-likeness (QED) is 0.472. The lowest BCUT2D eigenvalue weighted by Gasteiger charge is -2.21. The topological polar surface area (TPSA) is 41.6 Å². The number of benzene rings is 2. The number of para-hydroxylation sites is 1. The number of thiocarbonyl (C=S) groups is 1. The third-order valence-corrected chi connectivity index (χ3v) is 6.23. The van der Waals surface area contributed by atoms with Gasteiger partial charge in [-0.3, -0.25) is 0 Å². The number of fused-ring (bicyclic) bond motifs is 1. The van der Waals surface area contributed by atoms with E-state index in [1.165, 1.54) is 24.0 Å². The van der Waals surface area contributed by atoms with E-state index < -0.39 is 0 Å². The Hall–Kier alpha value is -2.70. The smallest absolute Gasteiger partial charge is 0.341 e. The number of thiophene rings is 1. The average Bonchev–Trinajstić information content (AvgIpc) is 3.29. The van der Waals surface area contributed by atoms with Gasteiger partial charge in [0.1, 0.15) is 10.6 Å². The highest BCUT2D eigenvalue weighted by Crippen LogP contribution is 2.40. The molecule has 0 radical (unpaired) electrons. The van der Waals surface area contributed by atoms with Crippen LogP contribution < -0.4 is 10.2 Å². The number of aryl methyl sites for hydroxylation is 1. The van der Waals surface area contributed by atoms with Crippen molar-refractivity contribution >= 4 is 45.3 Å². The predicted octanol–water partition coefficient (Wildman–Crippen LogP) is 5.27. The van der Waals surface area contributed by atoms with Crippen molar-refractivity contribution in [2.75, 3.05) is 23.9 Å². The van der Waals surface area contributed by atoms with Crippen LogP contribution in [0.25, 0.3) is 11.1 Å². The van der Waals surface area contributed by atoms with Crippen molar-refractivity contribution in [3.05, 3.63) is 70.6 Å². The number of nitrogens with zero attached hydrogens (tertiary/aromatic N) is 1. The van der Waals surface area contributed by atoms with Crippen molar-refractivity contribution in [3.8, 4) is 11.1 Å². The molecule has 142 valence electrons. The van der Waals surface area contributed by atoms with Gasteiger partial charge in [-0.2, -0.15) is 0 Å². The van der Waals surface area contributed by atoms with Gasteiger partial charge in [0.05, 0.1) is 7.11 Å². The van der Waals surface area contributed by atoms with E-state index in [2.05, 4.69) is 22.3 Å². The van der Waals surface area contributed by atoms with Crippen molar-refractivity contribution in [1.29, 1.82) is 0 Å². The van der Waals surface area contributed by atoms with Gasteiger partial charge in [-0.1, -0.05) is 48.5 Å². The maximum Gasteiger partial charge on any atom is 0.341 e. The summed E-state index contributed by atoms with van der Waals surface area (Å²) in [7, 11) is 1.41. The van der Waals surface area contributed by atoms with E-state index in [9.17, 15) is 4.79 Å². The van der Waals surface area contributed by atoms with Crippen LogP contribution >= 0.6 is 23.6 Å². The van der Waals surface area contributed by atoms with Crippen molar-refractivity contribution in [2.45, 2.75) is 13.3 Å². The SMILES string of the molecule is COC(=O)c1c(NC(=S)N2CCc3ccccc32)sc(C)c1-c1ccccc1. The van der Waals surface area contributed by atoms with E-state index in [1.54, 1.807) is 0 Å². The van der Waals surface area contributed by atoms with E-state index in [-0.39, 0.29) is 5.97 Å². The highest BCUT2D eigenvalue weighted by atomic mass is 32.1. The Morgan fingerprint density at radius 1 is 1.14 bits per heavy atom. The Morgan fingerprint density at radius 3 is 2.61 bits per heavy atom. The number of esters is 1. The molecule has 2 heterocycles. The number of methoxy groups -OCH3 is 1. The number of nitrogens with one attached hydrogen (secondary N) is 1. The van der Waals surface area contributed by atoms with Crippen LogP contribution in [-0.2, 0) is 11.2 Å². The maximum atomic E-state index is 12.6. The molecule has 0 saturated heterocycles. The van der Waals surface area contributed by atoms with Crippen molar-refractivity contribution in [3.63, 3.8) is 0 Å². The molecule has 2 aromatic carbocycles.